The first kappa shape index (κ1) is 11.8. The molecule has 2 aromatic heterocycles. The molecule has 3 nitrogen and oxygen atoms in total. The minimum absolute atomic E-state index is 0.382. The van der Waals surface area contributed by atoms with Gasteiger partial charge in [0.25, 0.3) is 0 Å². The van der Waals surface area contributed by atoms with Gasteiger partial charge in [0, 0.05) is 29.1 Å². The highest BCUT2D eigenvalue weighted by Crippen LogP contribution is 2.28. The standard InChI is InChI=1S/C15H10ClN3/c16-15-13(12-7-4-8-17-10-12)9-14(18-19-15)11-5-2-1-3-6-11/h1-10H. The van der Waals surface area contributed by atoms with E-state index in [1.807, 2.05) is 48.5 Å². The maximum Gasteiger partial charge on any atom is 0.159 e. The summed E-state index contributed by atoms with van der Waals surface area (Å²) in [6.07, 6.45) is 3.49. The zero-order chi connectivity index (χ0) is 13.1. The van der Waals surface area contributed by atoms with E-state index in [1.54, 1.807) is 12.4 Å². The summed E-state index contributed by atoms with van der Waals surface area (Å²) < 4.78 is 0. The van der Waals surface area contributed by atoms with Crippen LogP contribution < -0.4 is 0 Å². The molecule has 3 aromatic rings. The van der Waals surface area contributed by atoms with Crippen molar-refractivity contribution in [1.29, 1.82) is 0 Å². The van der Waals surface area contributed by atoms with Crippen LogP contribution in [-0.4, -0.2) is 15.2 Å². The smallest absolute Gasteiger partial charge is 0.159 e. The molecule has 0 fully saturated rings. The second kappa shape index (κ2) is 5.16. The number of pyridine rings is 1. The Kier molecular flexibility index (Phi) is 3.21. The van der Waals surface area contributed by atoms with Crippen molar-refractivity contribution in [1.82, 2.24) is 15.2 Å². The highest BCUT2D eigenvalue weighted by Gasteiger charge is 2.08. The number of nitrogens with zero attached hydrogens (tertiary/aromatic N) is 3. The maximum atomic E-state index is 6.12. The lowest BCUT2D eigenvalue weighted by atomic mass is 10.1. The number of rotatable bonds is 2. The van der Waals surface area contributed by atoms with Gasteiger partial charge in [0.1, 0.15) is 0 Å². The molecule has 3 rings (SSSR count). The molecule has 0 radical (unpaired) electrons. The Hall–Kier alpha value is -2.26. The van der Waals surface area contributed by atoms with Gasteiger partial charge in [-0.2, -0.15) is 0 Å². The van der Waals surface area contributed by atoms with Gasteiger partial charge < -0.3 is 0 Å². The molecule has 0 saturated heterocycles. The van der Waals surface area contributed by atoms with Gasteiger partial charge in [-0.1, -0.05) is 48.0 Å². The molecule has 0 unspecified atom stereocenters. The molecule has 0 aliphatic rings. The Bertz CT molecular complexity index is 684. The number of halogens is 1. The van der Waals surface area contributed by atoms with Crippen molar-refractivity contribution in [3.63, 3.8) is 0 Å². The SMILES string of the molecule is Clc1nnc(-c2ccccc2)cc1-c1cccnc1. The molecule has 0 aliphatic heterocycles. The van der Waals surface area contributed by atoms with E-state index in [0.29, 0.717) is 5.15 Å². The topological polar surface area (TPSA) is 38.7 Å². The zero-order valence-corrected chi connectivity index (χ0v) is 10.7. The molecule has 0 amide bonds. The van der Waals surface area contributed by atoms with Crippen LogP contribution in [0.1, 0.15) is 0 Å². The highest BCUT2D eigenvalue weighted by atomic mass is 35.5. The Balaban J connectivity index is 2.12. The van der Waals surface area contributed by atoms with Crippen LogP contribution in [0.4, 0.5) is 0 Å². The van der Waals surface area contributed by atoms with Gasteiger partial charge in [-0.25, -0.2) is 0 Å². The van der Waals surface area contributed by atoms with E-state index in [4.69, 9.17) is 11.6 Å². The van der Waals surface area contributed by atoms with E-state index in [9.17, 15) is 0 Å². The Morgan fingerprint density at radius 3 is 2.37 bits per heavy atom. The van der Waals surface area contributed by atoms with Crippen molar-refractivity contribution in [2.75, 3.05) is 0 Å². The minimum atomic E-state index is 0.382. The summed E-state index contributed by atoms with van der Waals surface area (Å²) in [7, 11) is 0. The van der Waals surface area contributed by atoms with E-state index < -0.39 is 0 Å². The molecule has 0 bridgehead atoms. The first-order chi connectivity index (χ1) is 9.34. The molecule has 0 spiro atoms. The largest absolute Gasteiger partial charge is 0.264 e. The van der Waals surface area contributed by atoms with Gasteiger partial charge in [0.05, 0.1) is 5.69 Å². The molecular formula is C15H10ClN3. The molecular weight excluding hydrogens is 258 g/mol. The summed E-state index contributed by atoms with van der Waals surface area (Å²) >= 11 is 6.12. The lowest BCUT2D eigenvalue weighted by molar-refractivity contribution is 1.04. The van der Waals surface area contributed by atoms with Gasteiger partial charge in [0.15, 0.2) is 5.15 Å². The van der Waals surface area contributed by atoms with Crippen LogP contribution in [0.3, 0.4) is 0 Å². The Labute approximate surface area is 115 Å². The average Bonchev–Trinajstić information content (AvgIpc) is 2.49. The summed E-state index contributed by atoms with van der Waals surface area (Å²) in [4.78, 5) is 4.10. The molecule has 0 N–H and O–H groups in total. The van der Waals surface area contributed by atoms with Gasteiger partial charge in [-0.05, 0) is 12.1 Å². The number of aromatic nitrogens is 3. The quantitative estimate of drug-likeness (QED) is 0.708. The van der Waals surface area contributed by atoms with Crippen molar-refractivity contribution in [2.24, 2.45) is 0 Å². The molecule has 4 heteroatoms. The molecule has 1 aromatic carbocycles. The van der Waals surface area contributed by atoms with E-state index >= 15 is 0 Å². The van der Waals surface area contributed by atoms with Gasteiger partial charge in [-0.3, -0.25) is 4.98 Å². The normalized spacial score (nSPS) is 10.4. The van der Waals surface area contributed by atoms with Crippen molar-refractivity contribution in [3.05, 3.63) is 66.1 Å². The van der Waals surface area contributed by atoms with E-state index in [0.717, 1.165) is 22.4 Å². The second-order valence-electron chi connectivity index (χ2n) is 4.04. The monoisotopic (exact) mass is 267 g/mol. The summed E-state index contributed by atoms with van der Waals surface area (Å²) in [6.45, 7) is 0. The van der Waals surface area contributed by atoms with Crippen LogP contribution in [0, 0.1) is 0 Å². The number of hydrogen-bond acceptors (Lipinski definition) is 3. The number of hydrogen-bond donors (Lipinski definition) is 0. The summed E-state index contributed by atoms with van der Waals surface area (Å²) in [5.74, 6) is 0. The molecule has 92 valence electrons. The van der Waals surface area contributed by atoms with Crippen LogP contribution >= 0.6 is 11.6 Å². The van der Waals surface area contributed by atoms with Crippen LogP contribution in [-0.2, 0) is 0 Å². The lowest BCUT2D eigenvalue weighted by Crippen LogP contribution is -1.92. The van der Waals surface area contributed by atoms with Gasteiger partial charge >= 0.3 is 0 Å². The third-order valence-electron chi connectivity index (χ3n) is 2.79. The minimum Gasteiger partial charge on any atom is -0.264 e. The zero-order valence-electron chi connectivity index (χ0n) is 9.99. The predicted octanol–water partition coefficient (Wildman–Crippen LogP) is 3.86. The molecule has 0 atom stereocenters. The van der Waals surface area contributed by atoms with Crippen LogP contribution in [0.2, 0.25) is 5.15 Å². The summed E-state index contributed by atoms with van der Waals surface area (Å²) in [6, 6.07) is 15.6. The summed E-state index contributed by atoms with van der Waals surface area (Å²) in [5, 5.41) is 8.53. The third-order valence-corrected chi connectivity index (χ3v) is 3.07. The second-order valence-corrected chi connectivity index (χ2v) is 4.40. The Morgan fingerprint density at radius 1 is 0.842 bits per heavy atom. The number of benzene rings is 1. The van der Waals surface area contributed by atoms with Gasteiger partial charge in [-0.15, -0.1) is 10.2 Å². The molecule has 0 saturated carbocycles. The fourth-order valence-electron chi connectivity index (χ4n) is 1.85. The first-order valence-corrected chi connectivity index (χ1v) is 6.21. The molecule has 0 aliphatic carbocycles. The lowest BCUT2D eigenvalue weighted by Gasteiger charge is -2.05. The van der Waals surface area contributed by atoms with E-state index in [1.165, 1.54) is 0 Å². The summed E-state index contributed by atoms with van der Waals surface area (Å²) in [5.41, 5.74) is 3.57. The first-order valence-electron chi connectivity index (χ1n) is 5.83. The third kappa shape index (κ3) is 2.46. The predicted molar refractivity (Wildman–Crippen MR) is 75.7 cm³/mol. The molecule has 19 heavy (non-hydrogen) atoms. The van der Waals surface area contributed by atoms with Crippen LogP contribution in [0.15, 0.2) is 60.9 Å². The highest BCUT2D eigenvalue weighted by molar-refractivity contribution is 6.32. The fourth-order valence-corrected chi connectivity index (χ4v) is 2.05. The van der Waals surface area contributed by atoms with E-state index in [-0.39, 0.29) is 0 Å². The van der Waals surface area contributed by atoms with Crippen molar-refractivity contribution < 1.29 is 0 Å². The van der Waals surface area contributed by atoms with Crippen molar-refractivity contribution >= 4 is 11.6 Å². The van der Waals surface area contributed by atoms with Crippen molar-refractivity contribution in [3.8, 4) is 22.4 Å². The van der Waals surface area contributed by atoms with Crippen LogP contribution in [0.5, 0.6) is 0 Å². The average molecular weight is 268 g/mol. The molecule has 2 heterocycles. The fraction of sp³-hybridized carbons (Fsp3) is 0. The van der Waals surface area contributed by atoms with Gasteiger partial charge in [0.2, 0.25) is 0 Å². The maximum absolute atomic E-state index is 6.12. The van der Waals surface area contributed by atoms with Crippen molar-refractivity contribution in [2.45, 2.75) is 0 Å². The van der Waals surface area contributed by atoms with Crippen LogP contribution in [0.25, 0.3) is 22.4 Å². The van der Waals surface area contributed by atoms with E-state index in [2.05, 4.69) is 15.2 Å². The Morgan fingerprint density at radius 2 is 1.63 bits per heavy atom.